The molecule has 0 rings (SSSR count). The Kier molecular flexibility index (Phi) is 65.9. The molecule has 0 aliphatic carbocycles. The fourth-order valence-corrected chi connectivity index (χ4v) is 13.5. The number of carbonyl (C=O) groups excluding carboxylic acids is 4. The van der Waals surface area contributed by atoms with Gasteiger partial charge < -0.3 is 33.8 Å². The number of phosphoric acid groups is 2. The Balaban J connectivity index is 5.25. The summed E-state index contributed by atoms with van der Waals surface area (Å²) in [7, 11) is -9.92. The van der Waals surface area contributed by atoms with Crippen molar-refractivity contribution in [2.24, 2.45) is 23.7 Å². The molecule has 0 aliphatic rings. The van der Waals surface area contributed by atoms with Crippen LogP contribution in [0.3, 0.4) is 0 Å². The van der Waals surface area contributed by atoms with Gasteiger partial charge in [-0.05, 0) is 49.4 Å². The van der Waals surface area contributed by atoms with Crippen LogP contribution in [0.5, 0.6) is 0 Å². The fourth-order valence-electron chi connectivity index (χ4n) is 11.9. The fraction of sp³-hybridized carbons (Fsp3) is 0.949. The van der Waals surface area contributed by atoms with E-state index in [0.29, 0.717) is 25.7 Å². The van der Waals surface area contributed by atoms with Crippen LogP contribution in [0.1, 0.15) is 396 Å². The number of phosphoric ester groups is 2. The number of carbonyl (C=O) groups is 4. The van der Waals surface area contributed by atoms with Crippen molar-refractivity contribution in [2.45, 2.75) is 414 Å². The minimum Gasteiger partial charge on any atom is -0.462 e. The third-order valence-corrected chi connectivity index (χ3v) is 20.3. The Morgan fingerprint density at radius 1 is 0.289 bits per heavy atom. The number of esters is 4. The Labute approximate surface area is 594 Å². The predicted octanol–water partition coefficient (Wildman–Crippen LogP) is 22.8. The summed E-state index contributed by atoms with van der Waals surface area (Å²) < 4.78 is 68.6. The van der Waals surface area contributed by atoms with Crippen molar-refractivity contribution in [3.05, 3.63) is 0 Å². The Morgan fingerprint density at radius 2 is 0.495 bits per heavy atom. The molecule has 17 nitrogen and oxygen atoms in total. The van der Waals surface area contributed by atoms with Crippen molar-refractivity contribution in [3.8, 4) is 0 Å². The van der Waals surface area contributed by atoms with Crippen molar-refractivity contribution in [2.75, 3.05) is 39.6 Å². The standard InChI is InChI=1S/C78H152O17P2/c1-9-71(8)57-49-41-33-24-19-21-27-37-45-53-61-78(83)95-74(65-89-76(81)59-51-43-35-29-28-32-40-48-56-70(6)7)67-93-97(86,87)91-63-72(79)62-90-96(84,85)92-66-73(64-88-75(80)58-50-42-34-25-20-18-23-31-39-47-55-69(4)5)94-77(82)60-52-44-36-26-17-15-13-11-10-12-14-16-22-30-38-46-54-68(2)3/h68-74,79H,9-67H2,1-8H3,(H,84,85)(H,86,87)/t71?,72?,73-,74-/m1/s1. The van der Waals surface area contributed by atoms with Crippen molar-refractivity contribution in [1.82, 2.24) is 0 Å². The van der Waals surface area contributed by atoms with E-state index in [1.165, 1.54) is 199 Å². The molecule has 19 heteroatoms. The first-order valence-electron chi connectivity index (χ1n) is 40.2. The Bertz CT molecular complexity index is 1900. The molecule has 0 bridgehead atoms. The lowest BCUT2D eigenvalue weighted by atomic mass is 9.99. The van der Waals surface area contributed by atoms with E-state index in [2.05, 4.69) is 55.4 Å². The maximum atomic E-state index is 13.1. The van der Waals surface area contributed by atoms with E-state index >= 15 is 0 Å². The highest BCUT2D eigenvalue weighted by Crippen LogP contribution is 2.45. The van der Waals surface area contributed by atoms with Gasteiger partial charge in [0, 0.05) is 25.7 Å². The number of rotatable bonds is 75. The lowest BCUT2D eigenvalue weighted by molar-refractivity contribution is -0.161. The minimum absolute atomic E-state index is 0.105. The Morgan fingerprint density at radius 3 is 0.732 bits per heavy atom. The molecule has 0 aromatic heterocycles. The zero-order valence-electron chi connectivity index (χ0n) is 63.7. The monoisotopic (exact) mass is 1420 g/mol. The van der Waals surface area contributed by atoms with Gasteiger partial charge in [0.15, 0.2) is 12.2 Å². The molecule has 0 radical (unpaired) electrons. The van der Waals surface area contributed by atoms with Crippen molar-refractivity contribution in [3.63, 3.8) is 0 Å². The largest absolute Gasteiger partial charge is 0.472 e. The second-order valence-corrected chi connectivity index (χ2v) is 32.7. The van der Waals surface area contributed by atoms with Crippen molar-refractivity contribution >= 4 is 39.5 Å². The number of aliphatic hydroxyl groups is 1. The van der Waals surface area contributed by atoms with Crippen LogP contribution in [-0.4, -0.2) is 96.7 Å². The maximum Gasteiger partial charge on any atom is 0.472 e. The van der Waals surface area contributed by atoms with Crippen LogP contribution in [0.15, 0.2) is 0 Å². The molecule has 0 aromatic carbocycles. The summed E-state index contributed by atoms with van der Waals surface area (Å²) in [6, 6.07) is 0. The van der Waals surface area contributed by atoms with Gasteiger partial charge in [0.25, 0.3) is 0 Å². The molecule has 0 saturated carbocycles. The molecular formula is C78H152O17P2. The quantitative estimate of drug-likeness (QED) is 0.0222. The average molecular weight is 1420 g/mol. The third kappa shape index (κ3) is 70.9. The van der Waals surface area contributed by atoms with E-state index < -0.39 is 97.5 Å². The van der Waals surface area contributed by atoms with E-state index in [-0.39, 0.29) is 25.7 Å². The van der Waals surface area contributed by atoms with Crippen LogP contribution >= 0.6 is 15.6 Å². The molecule has 0 amide bonds. The third-order valence-electron chi connectivity index (χ3n) is 18.4. The molecule has 0 aromatic rings. The first-order valence-corrected chi connectivity index (χ1v) is 43.2. The van der Waals surface area contributed by atoms with Crippen molar-refractivity contribution in [1.29, 1.82) is 0 Å². The summed E-state index contributed by atoms with van der Waals surface area (Å²) in [5.74, 6) is 0.979. The highest BCUT2D eigenvalue weighted by Gasteiger charge is 2.30. The molecule has 97 heavy (non-hydrogen) atoms. The lowest BCUT2D eigenvalue weighted by Gasteiger charge is -2.21. The van der Waals surface area contributed by atoms with E-state index in [4.69, 9.17) is 37.0 Å². The molecule has 3 N–H and O–H groups in total. The zero-order chi connectivity index (χ0) is 71.7. The molecular weight excluding hydrogens is 1270 g/mol. The van der Waals surface area contributed by atoms with Crippen LogP contribution in [0, 0.1) is 23.7 Å². The predicted molar refractivity (Wildman–Crippen MR) is 395 cm³/mol. The lowest BCUT2D eigenvalue weighted by Crippen LogP contribution is -2.30. The summed E-state index contributed by atoms with van der Waals surface area (Å²) in [6.45, 7) is 14.2. The molecule has 6 atom stereocenters. The molecule has 4 unspecified atom stereocenters. The minimum atomic E-state index is -4.96. The molecule has 0 saturated heterocycles. The summed E-state index contributed by atoms with van der Waals surface area (Å²) in [6.07, 6.45) is 52.7. The highest BCUT2D eigenvalue weighted by molar-refractivity contribution is 7.47. The van der Waals surface area contributed by atoms with Crippen LogP contribution in [0.2, 0.25) is 0 Å². The van der Waals surface area contributed by atoms with E-state index in [1.807, 2.05) is 0 Å². The van der Waals surface area contributed by atoms with Gasteiger partial charge in [0.1, 0.15) is 19.3 Å². The smallest absolute Gasteiger partial charge is 0.462 e. The number of hydrogen-bond acceptors (Lipinski definition) is 15. The van der Waals surface area contributed by atoms with Gasteiger partial charge in [-0.3, -0.25) is 37.3 Å². The first kappa shape index (κ1) is 95.1. The molecule has 0 fully saturated rings. The summed E-state index contributed by atoms with van der Waals surface area (Å²) in [4.78, 5) is 72.9. The molecule has 576 valence electrons. The molecule has 0 spiro atoms. The molecule has 0 aliphatic heterocycles. The number of aliphatic hydroxyl groups excluding tert-OH is 1. The van der Waals surface area contributed by atoms with Gasteiger partial charge in [-0.2, -0.15) is 0 Å². The molecule has 0 heterocycles. The Hall–Kier alpha value is -1.94. The topological polar surface area (TPSA) is 237 Å². The summed E-state index contributed by atoms with van der Waals surface area (Å²) in [5.41, 5.74) is 0. The first-order chi connectivity index (χ1) is 46.6. The maximum absolute atomic E-state index is 13.1. The van der Waals surface area contributed by atoms with Gasteiger partial charge in [0.05, 0.1) is 26.4 Å². The highest BCUT2D eigenvalue weighted by atomic mass is 31.2. The second kappa shape index (κ2) is 67.2. The van der Waals surface area contributed by atoms with Gasteiger partial charge in [-0.1, -0.05) is 344 Å². The van der Waals surface area contributed by atoms with Gasteiger partial charge in [-0.15, -0.1) is 0 Å². The van der Waals surface area contributed by atoms with Crippen LogP contribution in [0.25, 0.3) is 0 Å². The van der Waals surface area contributed by atoms with Gasteiger partial charge in [0.2, 0.25) is 0 Å². The summed E-state index contributed by atoms with van der Waals surface area (Å²) in [5, 5.41) is 10.6. The number of ether oxygens (including phenoxy) is 4. The summed E-state index contributed by atoms with van der Waals surface area (Å²) >= 11 is 0. The van der Waals surface area contributed by atoms with Gasteiger partial charge in [-0.25, -0.2) is 9.13 Å². The van der Waals surface area contributed by atoms with Gasteiger partial charge >= 0.3 is 39.5 Å². The average Bonchev–Trinajstić information content (AvgIpc) is 2.07. The van der Waals surface area contributed by atoms with Crippen LogP contribution < -0.4 is 0 Å². The van der Waals surface area contributed by atoms with Crippen molar-refractivity contribution < 1.29 is 80.2 Å². The second-order valence-electron chi connectivity index (χ2n) is 29.8. The van der Waals surface area contributed by atoms with E-state index in [9.17, 15) is 43.2 Å². The van der Waals surface area contributed by atoms with Crippen LogP contribution in [0.4, 0.5) is 0 Å². The van der Waals surface area contributed by atoms with Crippen LogP contribution in [-0.2, 0) is 65.4 Å². The van der Waals surface area contributed by atoms with E-state index in [1.54, 1.807) is 0 Å². The van der Waals surface area contributed by atoms with E-state index in [0.717, 1.165) is 114 Å². The zero-order valence-corrected chi connectivity index (χ0v) is 65.5. The normalized spacial score (nSPS) is 14.4. The SMILES string of the molecule is CCC(C)CCCCCCCCCCCCC(=O)O[C@H](COC(=O)CCCCCCCCCCC(C)C)COP(=O)(O)OCC(O)COP(=O)(O)OC[C@@H](COC(=O)CCCCCCCCCCCCC(C)C)OC(=O)CCCCCCCCCCCCCCCCCCC(C)C. The number of hydrogen-bond donors (Lipinski definition) is 3. The number of unbranched alkanes of at least 4 members (excludes halogenated alkanes) is 40.